The van der Waals surface area contributed by atoms with Crippen molar-refractivity contribution in [1.29, 1.82) is 0 Å². The van der Waals surface area contributed by atoms with Gasteiger partial charge in [-0.2, -0.15) is 4.31 Å². The van der Waals surface area contributed by atoms with Gasteiger partial charge in [0.05, 0.1) is 21.8 Å². The molecule has 2 heterocycles. The molecule has 0 bridgehead atoms. The Labute approximate surface area is 202 Å². The number of anilines is 2. The van der Waals surface area contributed by atoms with Gasteiger partial charge in [-0.05, 0) is 61.4 Å². The third-order valence-electron chi connectivity index (χ3n) is 5.80. The Hall–Kier alpha value is -3.14. The molecule has 34 heavy (non-hydrogen) atoms. The molecule has 0 aromatic heterocycles. The van der Waals surface area contributed by atoms with Gasteiger partial charge in [0, 0.05) is 22.9 Å². The van der Waals surface area contributed by atoms with Crippen molar-refractivity contribution in [2.45, 2.75) is 27.5 Å². The van der Waals surface area contributed by atoms with Crippen LogP contribution in [0.5, 0.6) is 0 Å². The number of fused-ring (bicyclic) bond motifs is 2. The molecule has 1 amide bonds. The minimum Gasteiger partial charge on any atom is -0.452 e. The van der Waals surface area contributed by atoms with Crippen LogP contribution in [0.15, 0.2) is 87.5 Å². The lowest BCUT2D eigenvalue weighted by atomic mass is 10.2. The fourth-order valence-corrected chi connectivity index (χ4v) is 6.66. The van der Waals surface area contributed by atoms with Gasteiger partial charge in [0.15, 0.2) is 6.61 Å². The maximum Gasteiger partial charge on any atom is 0.338 e. The summed E-state index contributed by atoms with van der Waals surface area (Å²) in [5.74, 6) is -1.06. The van der Waals surface area contributed by atoms with Crippen molar-refractivity contribution >= 4 is 45.0 Å². The Morgan fingerprint density at radius 1 is 0.824 bits per heavy atom. The predicted molar refractivity (Wildman–Crippen MR) is 129 cm³/mol. The van der Waals surface area contributed by atoms with Gasteiger partial charge in [0.25, 0.3) is 5.91 Å². The molecule has 3 aromatic rings. The smallest absolute Gasteiger partial charge is 0.338 e. The van der Waals surface area contributed by atoms with Crippen LogP contribution in [0.4, 0.5) is 11.4 Å². The van der Waals surface area contributed by atoms with E-state index in [-0.39, 0.29) is 16.4 Å². The van der Waals surface area contributed by atoms with Gasteiger partial charge in [-0.15, -0.1) is 0 Å². The number of para-hydroxylation sites is 2. The largest absolute Gasteiger partial charge is 0.452 e. The molecular formula is C25H22N2O5S2. The van der Waals surface area contributed by atoms with Gasteiger partial charge < -0.3 is 4.74 Å². The monoisotopic (exact) mass is 494 g/mol. The van der Waals surface area contributed by atoms with E-state index in [0.717, 1.165) is 34.0 Å². The van der Waals surface area contributed by atoms with Gasteiger partial charge in [0.2, 0.25) is 10.0 Å². The normalized spacial score (nSPS) is 15.5. The topological polar surface area (TPSA) is 84.0 Å². The molecule has 9 heteroatoms. The summed E-state index contributed by atoms with van der Waals surface area (Å²) in [5, 5.41) is 0. The van der Waals surface area contributed by atoms with E-state index >= 15 is 0 Å². The number of nitrogens with zero attached hydrogens (tertiary/aromatic N) is 2. The molecule has 0 aliphatic carbocycles. The standard InChI is InChI=1S/C25H22N2O5S2/c28-24(27-20-7-1-3-9-22(20)33-23-10-4-2-8-21(23)27)17-32-25(29)18-11-13-19(14-12-18)34(30,31)26-15-5-6-16-26/h1-4,7-14H,5-6,15-17H2. The average Bonchev–Trinajstić information content (AvgIpc) is 3.42. The number of hydrogen-bond acceptors (Lipinski definition) is 6. The first-order chi connectivity index (χ1) is 16.4. The molecule has 1 saturated heterocycles. The van der Waals surface area contributed by atoms with Crippen molar-refractivity contribution in [2.24, 2.45) is 0 Å². The van der Waals surface area contributed by atoms with Crippen LogP contribution in [0.3, 0.4) is 0 Å². The van der Waals surface area contributed by atoms with E-state index in [1.165, 1.54) is 28.6 Å². The van der Waals surface area contributed by atoms with Gasteiger partial charge in [-0.1, -0.05) is 36.0 Å². The summed E-state index contributed by atoms with van der Waals surface area (Å²) in [6, 6.07) is 20.8. The molecule has 3 aromatic carbocycles. The summed E-state index contributed by atoms with van der Waals surface area (Å²) in [4.78, 5) is 29.3. The molecule has 2 aliphatic rings. The minimum absolute atomic E-state index is 0.140. The van der Waals surface area contributed by atoms with E-state index in [2.05, 4.69) is 0 Å². The van der Waals surface area contributed by atoms with E-state index in [4.69, 9.17) is 4.74 Å². The lowest BCUT2D eigenvalue weighted by Crippen LogP contribution is -2.32. The molecule has 1 fully saturated rings. The summed E-state index contributed by atoms with van der Waals surface area (Å²) in [6.07, 6.45) is 1.70. The zero-order chi connectivity index (χ0) is 23.7. The molecule has 0 atom stereocenters. The molecule has 2 aliphatic heterocycles. The number of carbonyl (C=O) groups excluding carboxylic acids is 2. The Morgan fingerprint density at radius 2 is 1.38 bits per heavy atom. The number of benzene rings is 3. The number of amides is 1. The van der Waals surface area contributed by atoms with Crippen molar-refractivity contribution in [1.82, 2.24) is 4.31 Å². The summed E-state index contributed by atoms with van der Waals surface area (Å²) < 4.78 is 32.1. The molecule has 0 N–H and O–H groups in total. The Balaban J connectivity index is 1.30. The first kappa shape index (κ1) is 22.6. The average molecular weight is 495 g/mol. The van der Waals surface area contributed by atoms with Gasteiger partial charge >= 0.3 is 5.97 Å². The van der Waals surface area contributed by atoms with Crippen molar-refractivity contribution in [2.75, 3.05) is 24.6 Å². The summed E-state index contributed by atoms with van der Waals surface area (Å²) >= 11 is 1.58. The number of hydrogen-bond donors (Lipinski definition) is 0. The zero-order valence-electron chi connectivity index (χ0n) is 18.2. The third-order valence-corrected chi connectivity index (χ3v) is 8.84. The number of carbonyl (C=O) groups is 2. The first-order valence-electron chi connectivity index (χ1n) is 10.9. The molecule has 0 saturated carbocycles. The number of sulfonamides is 1. The Bertz CT molecular complexity index is 1300. The van der Waals surface area contributed by atoms with Crippen LogP contribution in [0.2, 0.25) is 0 Å². The minimum atomic E-state index is -3.56. The fourth-order valence-electron chi connectivity index (χ4n) is 4.09. The molecule has 7 nitrogen and oxygen atoms in total. The quantitative estimate of drug-likeness (QED) is 0.487. The van der Waals surface area contributed by atoms with Crippen molar-refractivity contribution in [3.05, 3.63) is 78.4 Å². The molecule has 0 radical (unpaired) electrons. The van der Waals surface area contributed by atoms with E-state index in [9.17, 15) is 18.0 Å². The van der Waals surface area contributed by atoms with E-state index in [0.29, 0.717) is 13.1 Å². The Morgan fingerprint density at radius 3 is 1.97 bits per heavy atom. The van der Waals surface area contributed by atoms with E-state index < -0.39 is 22.6 Å². The highest BCUT2D eigenvalue weighted by Crippen LogP contribution is 2.47. The summed E-state index contributed by atoms with van der Waals surface area (Å²) in [6.45, 7) is 0.574. The van der Waals surface area contributed by atoms with Crippen LogP contribution in [0, 0.1) is 0 Å². The summed E-state index contributed by atoms with van der Waals surface area (Å²) in [7, 11) is -3.56. The van der Waals surface area contributed by atoms with Crippen LogP contribution >= 0.6 is 11.8 Å². The van der Waals surface area contributed by atoms with Crippen LogP contribution in [-0.2, 0) is 19.6 Å². The molecular weight excluding hydrogens is 472 g/mol. The molecule has 0 spiro atoms. The fraction of sp³-hybridized carbons (Fsp3) is 0.200. The maximum atomic E-state index is 13.1. The van der Waals surface area contributed by atoms with Crippen LogP contribution in [-0.4, -0.2) is 44.3 Å². The maximum absolute atomic E-state index is 13.1. The second-order valence-electron chi connectivity index (χ2n) is 7.98. The summed E-state index contributed by atoms with van der Waals surface area (Å²) in [5.41, 5.74) is 1.66. The van der Waals surface area contributed by atoms with E-state index in [1.54, 1.807) is 16.7 Å². The SMILES string of the molecule is O=C(OCC(=O)N1c2ccccc2Sc2ccccc21)c1ccc(S(=O)(=O)N2CCCC2)cc1. The highest BCUT2D eigenvalue weighted by molar-refractivity contribution is 7.99. The van der Waals surface area contributed by atoms with E-state index in [1.807, 2.05) is 48.5 Å². The van der Waals surface area contributed by atoms with Gasteiger partial charge in [-0.3, -0.25) is 9.69 Å². The number of esters is 1. The van der Waals surface area contributed by atoms with Crippen LogP contribution in [0.1, 0.15) is 23.2 Å². The van der Waals surface area contributed by atoms with Crippen LogP contribution < -0.4 is 4.90 Å². The zero-order valence-corrected chi connectivity index (χ0v) is 19.8. The van der Waals surface area contributed by atoms with Crippen molar-refractivity contribution < 1.29 is 22.7 Å². The highest BCUT2D eigenvalue weighted by Gasteiger charge is 2.29. The second-order valence-corrected chi connectivity index (χ2v) is 11.0. The van der Waals surface area contributed by atoms with Crippen LogP contribution in [0.25, 0.3) is 0 Å². The predicted octanol–water partition coefficient (Wildman–Crippen LogP) is 4.46. The number of ether oxygens (including phenoxy) is 1. The molecule has 5 rings (SSSR count). The highest BCUT2D eigenvalue weighted by atomic mass is 32.2. The lowest BCUT2D eigenvalue weighted by molar-refractivity contribution is -0.121. The van der Waals surface area contributed by atoms with Crippen molar-refractivity contribution in [3.63, 3.8) is 0 Å². The molecule has 0 unspecified atom stereocenters. The van der Waals surface area contributed by atoms with Crippen molar-refractivity contribution in [3.8, 4) is 0 Å². The van der Waals surface area contributed by atoms with Gasteiger partial charge in [-0.25, -0.2) is 13.2 Å². The van der Waals surface area contributed by atoms with Gasteiger partial charge in [0.1, 0.15) is 0 Å². The second kappa shape index (κ2) is 9.25. The molecule has 174 valence electrons. The third kappa shape index (κ3) is 4.22. The number of rotatable bonds is 5. The Kier molecular flexibility index (Phi) is 6.16. The lowest BCUT2D eigenvalue weighted by Gasteiger charge is -2.30. The first-order valence-corrected chi connectivity index (χ1v) is 13.2.